The van der Waals surface area contributed by atoms with Crippen LogP contribution in [0.1, 0.15) is 50.2 Å². The Kier molecular flexibility index (Phi) is 11.7. The van der Waals surface area contributed by atoms with Crippen LogP contribution in [0.2, 0.25) is 0 Å². The summed E-state index contributed by atoms with van der Waals surface area (Å²) in [7, 11) is 0. The van der Waals surface area contributed by atoms with E-state index in [2.05, 4.69) is 29.6 Å². The molecule has 0 saturated carbocycles. The zero-order valence-corrected chi connectivity index (χ0v) is 21.0. The third-order valence-corrected chi connectivity index (χ3v) is 5.65. The third-order valence-electron chi connectivity index (χ3n) is 5.65. The minimum Gasteiger partial charge on any atom is -0.481 e. The number of fused-ring (bicyclic) bond motifs is 3. The predicted molar refractivity (Wildman–Crippen MR) is 137 cm³/mol. The molecule has 37 heavy (non-hydrogen) atoms. The van der Waals surface area contributed by atoms with E-state index in [0.717, 1.165) is 17.1 Å². The maximum Gasteiger partial charge on any atom is 0.303 e. The summed E-state index contributed by atoms with van der Waals surface area (Å²) in [6.07, 6.45) is 2.68. The number of amides is 3. The molecule has 0 bridgehead atoms. The molecule has 1 aliphatic carbocycles. The number of nitrogens with zero attached hydrogens (tertiary/aromatic N) is 1. The Morgan fingerprint density at radius 1 is 0.946 bits per heavy atom. The number of carboxylic acid groups (broad SMARTS) is 1. The molecule has 4 rings (SSSR count). The Bertz CT molecular complexity index is 1080. The van der Waals surface area contributed by atoms with Crippen molar-refractivity contribution >= 4 is 30.2 Å². The van der Waals surface area contributed by atoms with E-state index in [1.807, 2.05) is 38.1 Å². The molecule has 0 saturated heterocycles. The largest absolute Gasteiger partial charge is 0.481 e. The maximum atomic E-state index is 11.3. The molecule has 0 spiro atoms. The van der Waals surface area contributed by atoms with Crippen LogP contribution in [0.25, 0.3) is 11.1 Å². The van der Waals surface area contributed by atoms with Crippen LogP contribution >= 0.6 is 0 Å². The van der Waals surface area contributed by atoms with Crippen LogP contribution in [0, 0.1) is 0 Å². The summed E-state index contributed by atoms with van der Waals surface area (Å²) in [6, 6.07) is 16.6. The van der Waals surface area contributed by atoms with Crippen molar-refractivity contribution in [1.82, 2.24) is 10.2 Å². The third kappa shape index (κ3) is 8.13. The second-order valence-corrected chi connectivity index (χ2v) is 7.92. The average molecular weight is 509 g/mol. The molecule has 2 N–H and O–H groups in total. The summed E-state index contributed by atoms with van der Waals surface area (Å²) in [5.41, 5.74) is 5.00. The number of imide groups is 1. The Balaban J connectivity index is 0.000000244. The molecule has 1 aliphatic heterocycles. The van der Waals surface area contributed by atoms with Gasteiger partial charge in [-0.3, -0.25) is 28.9 Å². The van der Waals surface area contributed by atoms with Gasteiger partial charge in [0.1, 0.15) is 6.61 Å². The van der Waals surface area contributed by atoms with Gasteiger partial charge in [0.05, 0.1) is 0 Å². The molecular weight excluding hydrogens is 476 g/mol. The van der Waals surface area contributed by atoms with Gasteiger partial charge in [0.2, 0.25) is 5.91 Å². The van der Waals surface area contributed by atoms with E-state index in [4.69, 9.17) is 9.84 Å². The van der Waals surface area contributed by atoms with E-state index < -0.39 is 17.8 Å². The number of carboxylic acids is 1. The Morgan fingerprint density at radius 3 is 2.00 bits per heavy atom. The van der Waals surface area contributed by atoms with Crippen LogP contribution in [0.4, 0.5) is 0 Å². The van der Waals surface area contributed by atoms with E-state index in [9.17, 15) is 24.0 Å². The lowest BCUT2D eigenvalue weighted by molar-refractivity contribution is -0.138. The van der Waals surface area contributed by atoms with Gasteiger partial charge in [-0.25, -0.2) is 0 Å². The molecule has 0 aromatic heterocycles. The van der Waals surface area contributed by atoms with Crippen molar-refractivity contribution in [2.45, 2.75) is 39.0 Å². The van der Waals surface area contributed by atoms with E-state index in [1.54, 1.807) is 0 Å². The zero-order valence-electron chi connectivity index (χ0n) is 21.0. The molecule has 9 heteroatoms. The zero-order chi connectivity index (χ0) is 27.2. The minimum absolute atomic E-state index is 0.00665. The van der Waals surface area contributed by atoms with Crippen LogP contribution in [0.5, 0.6) is 0 Å². The number of aliphatic carboxylic acids is 1. The average Bonchev–Trinajstić information content (AvgIpc) is 3.41. The fourth-order valence-electron chi connectivity index (χ4n) is 4.00. The van der Waals surface area contributed by atoms with Gasteiger partial charge in [-0.1, -0.05) is 62.4 Å². The number of hydrogen-bond donors (Lipinski definition) is 2. The molecule has 2 aromatic rings. The van der Waals surface area contributed by atoms with Gasteiger partial charge in [0.15, 0.2) is 0 Å². The Morgan fingerprint density at radius 2 is 1.49 bits per heavy atom. The van der Waals surface area contributed by atoms with Gasteiger partial charge in [-0.05, 0) is 28.7 Å². The van der Waals surface area contributed by atoms with Crippen molar-refractivity contribution in [3.63, 3.8) is 0 Å². The first-order valence-electron chi connectivity index (χ1n) is 12.2. The Labute approximate surface area is 216 Å². The van der Waals surface area contributed by atoms with E-state index in [0.29, 0.717) is 19.5 Å². The summed E-state index contributed by atoms with van der Waals surface area (Å²) >= 11 is 0. The number of hydrogen-bond acceptors (Lipinski definition) is 6. The maximum absolute atomic E-state index is 11.3. The van der Waals surface area contributed by atoms with Crippen LogP contribution in [-0.4, -0.2) is 59.9 Å². The number of carbonyl (C=O) groups is 5. The molecule has 1 heterocycles. The SMILES string of the molecule is CC.O=C(O)CCCNC(=O)CCN1C(=O)C=CC1=O.O=COCC1c2ccccc2-c2ccccc21. The quantitative estimate of drug-likeness (QED) is 0.286. The van der Waals surface area contributed by atoms with Crippen LogP contribution in [-0.2, 0) is 28.7 Å². The smallest absolute Gasteiger partial charge is 0.303 e. The van der Waals surface area contributed by atoms with Crippen LogP contribution in [0.15, 0.2) is 60.7 Å². The van der Waals surface area contributed by atoms with Gasteiger partial charge in [0, 0.05) is 44.0 Å². The monoisotopic (exact) mass is 508 g/mol. The molecule has 196 valence electrons. The van der Waals surface area contributed by atoms with Crippen LogP contribution < -0.4 is 5.32 Å². The standard InChI is InChI=1S/C15H12O2.C11H14N2O5.C2H6/c16-10-17-9-15-13-7-3-1-5-11(13)12-6-2-4-8-14(12)15;14-8(12-6-1-2-11(17)18)5-7-13-9(15)3-4-10(13)16;1-2/h1-8,10,15H,9H2;3-4H,1-2,5-7H2,(H,12,14)(H,17,18);1-2H3. The first-order valence-corrected chi connectivity index (χ1v) is 12.2. The second kappa shape index (κ2) is 15.0. The van der Waals surface area contributed by atoms with Gasteiger partial charge >= 0.3 is 5.97 Å². The van der Waals surface area contributed by atoms with Crippen molar-refractivity contribution in [3.8, 4) is 11.1 Å². The highest BCUT2D eigenvalue weighted by Gasteiger charge is 2.28. The number of carbonyl (C=O) groups excluding carboxylic acids is 4. The lowest BCUT2D eigenvalue weighted by Gasteiger charge is -2.13. The van der Waals surface area contributed by atoms with Crippen molar-refractivity contribution < 1.29 is 33.8 Å². The predicted octanol–water partition coefficient (Wildman–Crippen LogP) is 3.28. The summed E-state index contributed by atoms with van der Waals surface area (Å²) in [5, 5.41) is 10.9. The van der Waals surface area contributed by atoms with Crippen molar-refractivity contribution in [3.05, 3.63) is 71.8 Å². The van der Waals surface area contributed by atoms with Gasteiger partial charge < -0.3 is 15.2 Å². The second-order valence-electron chi connectivity index (χ2n) is 7.92. The highest BCUT2D eigenvalue weighted by Crippen LogP contribution is 2.44. The number of benzene rings is 2. The normalized spacial score (nSPS) is 13.0. The van der Waals surface area contributed by atoms with Crippen molar-refractivity contribution in [2.24, 2.45) is 0 Å². The van der Waals surface area contributed by atoms with E-state index >= 15 is 0 Å². The van der Waals surface area contributed by atoms with Crippen molar-refractivity contribution in [1.29, 1.82) is 0 Å². The summed E-state index contributed by atoms with van der Waals surface area (Å²) < 4.78 is 4.95. The van der Waals surface area contributed by atoms with Crippen LogP contribution in [0.3, 0.4) is 0 Å². The van der Waals surface area contributed by atoms with Gasteiger partial charge in [0.25, 0.3) is 18.3 Å². The molecule has 2 aliphatic rings. The summed E-state index contributed by atoms with van der Waals surface area (Å²) in [5.74, 6) is -1.89. The lowest BCUT2D eigenvalue weighted by Crippen LogP contribution is -2.35. The Hall–Kier alpha value is -4.27. The minimum atomic E-state index is -0.913. The molecule has 0 fully saturated rings. The molecular formula is C28H32N2O7. The first-order chi connectivity index (χ1) is 17.9. The molecule has 2 aromatic carbocycles. The molecule has 3 amide bonds. The number of ether oxygens (including phenoxy) is 1. The first kappa shape index (κ1) is 29.0. The highest BCUT2D eigenvalue weighted by atomic mass is 16.5. The van der Waals surface area contributed by atoms with Gasteiger partial charge in [-0.2, -0.15) is 0 Å². The summed E-state index contributed by atoms with van der Waals surface area (Å²) in [6.45, 7) is 5.24. The number of rotatable bonds is 10. The molecule has 9 nitrogen and oxygen atoms in total. The topological polar surface area (TPSA) is 130 Å². The fourth-order valence-corrected chi connectivity index (χ4v) is 4.00. The van der Waals surface area contributed by atoms with E-state index in [1.165, 1.54) is 22.3 Å². The molecule has 0 atom stereocenters. The lowest BCUT2D eigenvalue weighted by atomic mass is 9.98. The molecule has 0 unspecified atom stereocenters. The fraction of sp³-hybridized carbons (Fsp3) is 0.321. The highest BCUT2D eigenvalue weighted by molar-refractivity contribution is 6.13. The van der Waals surface area contributed by atoms with Crippen molar-refractivity contribution in [2.75, 3.05) is 19.7 Å². The van der Waals surface area contributed by atoms with Gasteiger partial charge in [-0.15, -0.1) is 0 Å². The molecule has 0 radical (unpaired) electrons. The number of nitrogens with one attached hydrogen (secondary N) is 1. The van der Waals surface area contributed by atoms with E-state index in [-0.39, 0.29) is 37.8 Å². The summed E-state index contributed by atoms with van der Waals surface area (Å²) in [4.78, 5) is 55.2.